The standard InChI is InChI=1S/C21H16ClFN6O/c1-13-25-19(12-20(26-13)29-10-2-9-24-29)27-15-4-6-16(7-5-15)28-21(30)17-8-3-14(23)11-18(17)22/h2-12H,1H3,(H,28,30)(H,25,26,27). The van der Waals surface area contributed by atoms with Crippen molar-refractivity contribution in [3.63, 3.8) is 0 Å². The quantitative estimate of drug-likeness (QED) is 0.484. The first-order chi connectivity index (χ1) is 14.5. The molecule has 1 amide bonds. The van der Waals surface area contributed by atoms with E-state index in [1.165, 1.54) is 12.1 Å². The van der Waals surface area contributed by atoms with E-state index in [1.807, 2.05) is 6.07 Å². The summed E-state index contributed by atoms with van der Waals surface area (Å²) in [6.45, 7) is 1.80. The number of hydrogen-bond donors (Lipinski definition) is 2. The van der Waals surface area contributed by atoms with Gasteiger partial charge in [-0.2, -0.15) is 5.10 Å². The van der Waals surface area contributed by atoms with Crippen molar-refractivity contribution >= 4 is 34.7 Å². The summed E-state index contributed by atoms with van der Waals surface area (Å²) in [5.74, 6) is 0.946. The number of carbonyl (C=O) groups is 1. The number of aryl methyl sites for hydroxylation is 1. The zero-order chi connectivity index (χ0) is 21.1. The van der Waals surface area contributed by atoms with Crippen LogP contribution in [0, 0.1) is 12.7 Å². The molecule has 0 unspecified atom stereocenters. The van der Waals surface area contributed by atoms with Gasteiger partial charge in [0.1, 0.15) is 17.5 Å². The summed E-state index contributed by atoms with van der Waals surface area (Å²) in [5, 5.41) is 10.2. The van der Waals surface area contributed by atoms with Crippen LogP contribution in [0.3, 0.4) is 0 Å². The average molecular weight is 423 g/mol. The maximum atomic E-state index is 13.2. The van der Waals surface area contributed by atoms with Crippen LogP contribution in [0.1, 0.15) is 16.2 Å². The van der Waals surface area contributed by atoms with E-state index in [-0.39, 0.29) is 10.6 Å². The Balaban J connectivity index is 1.47. The van der Waals surface area contributed by atoms with Crippen molar-refractivity contribution in [2.45, 2.75) is 6.92 Å². The minimum Gasteiger partial charge on any atom is -0.340 e. The molecular weight excluding hydrogens is 407 g/mol. The molecule has 0 saturated carbocycles. The van der Waals surface area contributed by atoms with E-state index in [9.17, 15) is 9.18 Å². The molecule has 150 valence electrons. The summed E-state index contributed by atoms with van der Waals surface area (Å²) in [6, 6.07) is 14.3. The highest BCUT2D eigenvalue weighted by atomic mass is 35.5. The number of anilines is 3. The first-order valence-corrected chi connectivity index (χ1v) is 9.35. The van der Waals surface area contributed by atoms with Crippen LogP contribution in [0.4, 0.5) is 21.6 Å². The first-order valence-electron chi connectivity index (χ1n) is 8.97. The van der Waals surface area contributed by atoms with Gasteiger partial charge in [0.25, 0.3) is 5.91 Å². The second-order valence-corrected chi connectivity index (χ2v) is 6.80. The summed E-state index contributed by atoms with van der Waals surface area (Å²) in [4.78, 5) is 21.1. The zero-order valence-electron chi connectivity index (χ0n) is 15.8. The lowest BCUT2D eigenvalue weighted by Crippen LogP contribution is -2.12. The van der Waals surface area contributed by atoms with Crippen LogP contribution in [0.25, 0.3) is 5.82 Å². The molecule has 30 heavy (non-hydrogen) atoms. The fourth-order valence-corrected chi connectivity index (χ4v) is 3.05. The lowest BCUT2D eigenvalue weighted by Gasteiger charge is -2.10. The van der Waals surface area contributed by atoms with Crippen molar-refractivity contribution in [2.24, 2.45) is 0 Å². The molecule has 2 heterocycles. The van der Waals surface area contributed by atoms with Crippen molar-refractivity contribution in [2.75, 3.05) is 10.6 Å². The Morgan fingerprint density at radius 2 is 1.83 bits per heavy atom. The molecule has 4 rings (SSSR count). The third kappa shape index (κ3) is 4.44. The Hall–Kier alpha value is -3.78. The van der Waals surface area contributed by atoms with Crippen molar-refractivity contribution in [3.05, 3.63) is 89.2 Å². The number of hydrogen-bond acceptors (Lipinski definition) is 5. The van der Waals surface area contributed by atoms with Crippen LogP contribution >= 0.6 is 11.6 Å². The molecule has 7 nitrogen and oxygen atoms in total. The second-order valence-electron chi connectivity index (χ2n) is 6.39. The van der Waals surface area contributed by atoms with Gasteiger partial charge in [0.15, 0.2) is 5.82 Å². The van der Waals surface area contributed by atoms with Crippen LogP contribution in [0.15, 0.2) is 67.0 Å². The monoisotopic (exact) mass is 422 g/mol. The van der Waals surface area contributed by atoms with E-state index in [2.05, 4.69) is 25.7 Å². The molecule has 0 aliphatic rings. The maximum absolute atomic E-state index is 13.2. The zero-order valence-corrected chi connectivity index (χ0v) is 16.6. The van der Waals surface area contributed by atoms with E-state index < -0.39 is 11.7 Å². The first kappa shape index (κ1) is 19.5. The highest BCUT2D eigenvalue weighted by molar-refractivity contribution is 6.34. The predicted octanol–water partition coefficient (Wildman–Crippen LogP) is 4.76. The number of nitrogens with one attached hydrogen (secondary N) is 2. The van der Waals surface area contributed by atoms with Gasteiger partial charge in [0, 0.05) is 29.8 Å². The molecule has 0 fully saturated rings. The van der Waals surface area contributed by atoms with Gasteiger partial charge in [-0.05, 0) is 55.5 Å². The molecular formula is C21H16ClFN6O. The number of nitrogens with zero attached hydrogens (tertiary/aromatic N) is 4. The van der Waals surface area contributed by atoms with Gasteiger partial charge < -0.3 is 10.6 Å². The van der Waals surface area contributed by atoms with E-state index in [0.29, 0.717) is 23.1 Å². The van der Waals surface area contributed by atoms with Crippen LogP contribution in [0.5, 0.6) is 0 Å². The molecule has 0 bridgehead atoms. The third-order valence-corrected chi connectivity index (χ3v) is 4.47. The Labute approximate surface area is 176 Å². The molecule has 9 heteroatoms. The molecule has 0 spiro atoms. The topological polar surface area (TPSA) is 84.7 Å². The van der Waals surface area contributed by atoms with Gasteiger partial charge in [0.2, 0.25) is 0 Å². The van der Waals surface area contributed by atoms with Crippen molar-refractivity contribution in [1.82, 2.24) is 19.7 Å². The molecule has 0 radical (unpaired) electrons. The van der Waals surface area contributed by atoms with E-state index in [1.54, 1.807) is 54.3 Å². The highest BCUT2D eigenvalue weighted by Crippen LogP contribution is 2.22. The van der Waals surface area contributed by atoms with E-state index in [4.69, 9.17) is 11.6 Å². The van der Waals surface area contributed by atoms with Gasteiger partial charge in [0.05, 0.1) is 10.6 Å². The molecule has 2 aromatic heterocycles. The highest BCUT2D eigenvalue weighted by Gasteiger charge is 2.11. The number of amides is 1. The minimum absolute atomic E-state index is 0.0536. The summed E-state index contributed by atoms with van der Waals surface area (Å²) >= 11 is 5.94. The summed E-state index contributed by atoms with van der Waals surface area (Å²) in [6.07, 6.45) is 3.48. The van der Waals surface area contributed by atoms with Crippen LogP contribution in [-0.4, -0.2) is 25.7 Å². The number of halogens is 2. The van der Waals surface area contributed by atoms with Crippen LogP contribution in [-0.2, 0) is 0 Å². The Morgan fingerprint density at radius 1 is 1.07 bits per heavy atom. The Kier molecular flexibility index (Phi) is 5.40. The van der Waals surface area contributed by atoms with E-state index >= 15 is 0 Å². The molecule has 0 atom stereocenters. The van der Waals surface area contributed by atoms with Gasteiger partial charge in [-0.1, -0.05) is 11.6 Å². The number of benzene rings is 2. The Morgan fingerprint density at radius 3 is 2.53 bits per heavy atom. The smallest absolute Gasteiger partial charge is 0.257 e. The average Bonchev–Trinajstić information content (AvgIpc) is 3.24. The minimum atomic E-state index is -0.498. The second kappa shape index (κ2) is 8.30. The van der Waals surface area contributed by atoms with Crippen LogP contribution < -0.4 is 10.6 Å². The predicted molar refractivity (Wildman–Crippen MR) is 113 cm³/mol. The Bertz CT molecular complexity index is 1190. The number of aromatic nitrogens is 4. The fraction of sp³-hybridized carbons (Fsp3) is 0.0476. The van der Waals surface area contributed by atoms with Crippen molar-refractivity contribution in [1.29, 1.82) is 0 Å². The van der Waals surface area contributed by atoms with Crippen molar-refractivity contribution in [3.8, 4) is 5.82 Å². The largest absolute Gasteiger partial charge is 0.340 e. The van der Waals surface area contributed by atoms with E-state index in [0.717, 1.165) is 11.8 Å². The lowest BCUT2D eigenvalue weighted by atomic mass is 10.2. The third-order valence-electron chi connectivity index (χ3n) is 4.15. The van der Waals surface area contributed by atoms with Gasteiger partial charge in [-0.25, -0.2) is 19.0 Å². The van der Waals surface area contributed by atoms with Gasteiger partial charge in [-0.3, -0.25) is 4.79 Å². The fourth-order valence-electron chi connectivity index (χ4n) is 2.79. The summed E-state index contributed by atoms with van der Waals surface area (Å²) in [7, 11) is 0. The normalized spacial score (nSPS) is 10.6. The maximum Gasteiger partial charge on any atom is 0.257 e. The molecule has 4 aromatic rings. The van der Waals surface area contributed by atoms with Gasteiger partial charge in [-0.15, -0.1) is 0 Å². The molecule has 2 N–H and O–H groups in total. The summed E-state index contributed by atoms with van der Waals surface area (Å²) < 4.78 is 14.8. The molecule has 0 aliphatic carbocycles. The van der Waals surface area contributed by atoms with Crippen LogP contribution in [0.2, 0.25) is 5.02 Å². The lowest BCUT2D eigenvalue weighted by molar-refractivity contribution is 0.102. The van der Waals surface area contributed by atoms with Crippen molar-refractivity contribution < 1.29 is 9.18 Å². The number of rotatable bonds is 5. The number of carbonyl (C=O) groups excluding carboxylic acids is 1. The molecule has 0 aliphatic heterocycles. The summed E-state index contributed by atoms with van der Waals surface area (Å²) in [5.41, 5.74) is 1.54. The molecule has 0 saturated heterocycles. The SMILES string of the molecule is Cc1nc(Nc2ccc(NC(=O)c3ccc(F)cc3Cl)cc2)cc(-n2cccn2)n1. The van der Waals surface area contributed by atoms with Gasteiger partial charge >= 0.3 is 0 Å². The molecule has 2 aromatic carbocycles.